The first kappa shape index (κ1) is 74.6. The number of alkyl halides is 1. The molecule has 0 bridgehead atoms. The summed E-state index contributed by atoms with van der Waals surface area (Å²) in [6.07, 6.45) is 0. The number of aromatic nitrogens is 3. The van der Waals surface area contributed by atoms with Crippen LogP contribution < -0.4 is 146 Å². The molecule has 5 aromatic carbocycles. The van der Waals surface area contributed by atoms with Gasteiger partial charge in [0.15, 0.2) is 9.84 Å². The topological polar surface area (TPSA) is 465 Å². The first-order valence-electron chi connectivity index (χ1n) is 19.2. The number of sulfone groups is 1. The van der Waals surface area contributed by atoms with Crippen molar-refractivity contribution in [3.63, 3.8) is 0 Å². The summed E-state index contributed by atoms with van der Waals surface area (Å²) in [4.78, 5) is 24.2. The van der Waals surface area contributed by atoms with Crippen LogP contribution in [0.25, 0.3) is 0 Å². The molecule has 0 atom stereocenters. The molecule has 0 aliphatic heterocycles. The van der Waals surface area contributed by atoms with Crippen LogP contribution >= 0.6 is 54.5 Å². The Morgan fingerprint density at radius 2 is 1.19 bits per heavy atom. The maximum absolute atomic E-state index is 13.1. The second-order valence-electron chi connectivity index (χ2n) is 14.0. The summed E-state index contributed by atoms with van der Waals surface area (Å²) in [6, 6.07) is 18.0. The third kappa shape index (κ3) is 23.4. The second-order valence-corrected chi connectivity index (χ2v) is 39.7. The predicted octanol–water partition coefficient (Wildman–Crippen LogP) is -5.44. The average molecular weight is 1470 g/mol. The zero-order chi connectivity index (χ0) is 55.0. The molecule has 41 heteroatoms. The fourth-order valence-corrected chi connectivity index (χ4v) is 9.00. The van der Waals surface area contributed by atoms with Gasteiger partial charge in [-0.1, -0.05) is 12.1 Å². The van der Waals surface area contributed by atoms with Crippen LogP contribution in [0.5, 0.6) is 0 Å². The molecular formula is C37H31ClI2N12Na4O16S6. The number of azo groups is 2. The maximum Gasteiger partial charge on any atom is 1.00 e. The SMILES string of the molecule is CI(S)I.Nc1c(N=Nc2cc(Nc3nc(Cl)nc(Nc4cccc(S(=O)(=O)[O-])c4)n3)ccc2S(=O)(=O)[O-])cc(S(=O)(=O)[O-])c(N)c1N=Nc1cccc(C(=O)Nc2ccc(S(=O)(=O)CCOS(=O)(=O)[O-])cc2)c1.[Na+].[Na+].[Na+].[Na+]. The molecule has 0 spiro atoms. The maximum atomic E-state index is 13.1. The molecule has 1 amide bonds. The van der Waals surface area contributed by atoms with Gasteiger partial charge in [0.1, 0.15) is 47.4 Å². The molecular weight excluding hydrogens is 1440 g/mol. The van der Waals surface area contributed by atoms with Crippen molar-refractivity contribution in [3.8, 4) is 0 Å². The zero-order valence-electron chi connectivity index (χ0n) is 40.6. The van der Waals surface area contributed by atoms with Crippen LogP contribution in [0.2, 0.25) is 5.28 Å². The molecule has 0 unspecified atom stereocenters. The van der Waals surface area contributed by atoms with Crippen molar-refractivity contribution in [2.75, 3.05) is 44.7 Å². The van der Waals surface area contributed by atoms with E-state index < -0.39 is 132 Å². The molecule has 78 heavy (non-hydrogen) atoms. The first-order chi connectivity index (χ1) is 34.3. The summed E-state index contributed by atoms with van der Waals surface area (Å²) >= 11 is 7.81. The van der Waals surface area contributed by atoms with E-state index in [1.54, 1.807) is 0 Å². The normalized spacial score (nSPS) is 11.9. The molecule has 6 rings (SSSR count). The number of halogens is 3. The van der Waals surface area contributed by atoms with Crippen LogP contribution in [0, 0.1) is 0 Å². The smallest absolute Gasteiger partial charge is 0.744 e. The van der Waals surface area contributed by atoms with Crippen LogP contribution in [-0.4, -0.2) is 98.4 Å². The number of amides is 1. The number of carbonyl (C=O) groups is 1. The summed E-state index contributed by atoms with van der Waals surface area (Å²) in [6.45, 7) is -0.919. The number of carbonyl (C=O) groups excluding carboxylic acids is 1. The molecule has 28 nitrogen and oxygen atoms in total. The second kappa shape index (κ2) is 32.1. The quantitative estimate of drug-likeness (QED) is 0.00683. The van der Waals surface area contributed by atoms with E-state index in [2.05, 4.69) is 88.9 Å². The Balaban J connectivity index is 0.00000367. The summed E-state index contributed by atoms with van der Waals surface area (Å²) in [5.74, 6) is -2.16. The largest absolute Gasteiger partial charge is 1.00 e. The van der Waals surface area contributed by atoms with Crippen LogP contribution in [0.4, 0.5) is 63.1 Å². The van der Waals surface area contributed by atoms with E-state index in [0.717, 1.165) is 42.5 Å². The van der Waals surface area contributed by atoms with Gasteiger partial charge in [-0.25, -0.2) is 42.1 Å². The molecule has 396 valence electrons. The van der Waals surface area contributed by atoms with E-state index in [9.17, 15) is 65.1 Å². The minimum Gasteiger partial charge on any atom is -0.744 e. The number of hydrogen-bond donors (Lipinski definition) is 6. The monoisotopic (exact) mass is 1470 g/mol. The Labute approximate surface area is 560 Å². The number of hydrogen-bond acceptors (Lipinski definition) is 28. The van der Waals surface area contributed by atoms with Crippen LogP contribution in [0.15, 0.2) is 137 Å². The van der Waals surface area contributed by atoms with Crippen molar-refractivity contribution < 1.29 is 188 Å². The van der Waals surface area contributed by atoms with E-state index in [4.69, 9.17) is 23.1 Å². The van der Waals surface area contributed by atoms with Gasteiger partial charge in [-0.2, -0.15) is 20.1 Å². The molecule has 0 saturated carbocycles. The van der Waals surface area contributed by atoms with E-state index >= 15 is 0 Å². The number of thiol groups is 1. The standard InChI is InChI=1S/C36H31ClN12O16S5.CH4I2S.4Na/c37-34-43-35(41-21-4-2-6-25(16-21)67(53,54)55)45-36(44-34)42-22-9-12-28(68(56,57)58)26(17-22)47-48-27-18-29(69(59,60)61)31(39)32(30(27)38)49-46-23-5-1-3-19(15-23)33(50)40-20-7-10-24(11-8-20)66(51,52)14-13-65-70(62,63)64;1-3(2)4;;;;/h1-12,15-18H,13-14,38-39H2,(H,40,50)(H,53,54,55)(H,56,57,58)(H,59,60,61)(H,62,63,64)(H2,41,42,43,44,45);4H,1H3;;;;/q;;4*+1/p-4. The Hall–Kier alpha value is -1.37. The van der Waals surface area contributed by atoms with E-state index in [1.165, 1.54) is 48.5 Å². The molecule has 0 aliphatic rings. The zero-order valence-corrected chi connectivity index (χ0v) is 58.6. The van der Waals surface area contributed by atoms with Gasteiger partial charge in [-0.15, -0.1) is 15.3 Å². The van der Waals surface area contributed by atoms with Gasteiger partial charge in [-0.3, -0.25) is 8.98 Å². The Morgan fingerprint density at radius 1 is 0.654 bits per heavy atom. The van der Waals surface area contributed by atoms with Crippen molar-refractivity contribution in [1.82, 2.24) is 15.0 Å². The Morgan fingerprint density at radius 3 is 1.74 bits per heavy atom. The van der Waals surface area contributed by atoms with Crippen molar-refractivity contribution in [1.29, 1.82) is 0 Å². The van der Waals surface area contributed by atoms with Crippen molar-refractivity contribution in [2.45, 2.75) is 19.6 Å². The molecule has 6 aromatic rings. The molecule has 0 saturated heterocycles. The van der Waals surface area contributed by atoms with Crippen LogP contribution in [0.1, 0.15) is 10.4 Å². The van der Waals surface area contributed by atoms with Crippen molar-refractivity contribution in [2.24, 2.45) is 20.5 Å². The molecule has 0 aliphatic carbocycles. The van der Waals surface area contributed by atoms with Gasteiger partial charge < -0.3 is 45.6 Å². The minimum absolute atomic E-state index is 0. The number of anilines is 7. The summed E-state index contributed by atoms with van der Waals surface area (Å²) in [7, 11) is -20.7. The number of nitrogen functional groups attached to an aromatic ring is 2. The van der Waals surface area contributed by atoms with Crippen LogP contribution in [-0.2, 0) is 54.8 Å². The van der Waals surface area contributed by atoms with Gasteiger partial charge in [0.2, 0.25) is 27.6 Å². The molecule has 7 N–H and O–H groups in total. The van der Waals surface area contributed by atoms with E-state index in [1.807, 2.05) is 0 Å². The van der Waals surface area contributed by atoms with Gasteiger partial charge in [0, 0.05) is 22.6 Å². The third-order valence-electron chi connectivity index (χ3n) is 8.75. The van der Waals surface area contributed by atoms with Crippen LogP contribution in [0.3, 0.4) is 0 Å². The van der Waals surface area contributed by atoms with Gasteiger partial charge in [0.25, 0.3) is 5.91 Å². The summed E-state index contributed by atoms with van der Waals surface area (Å²) in [5, 5.41) is 22.8. The molecule has 1 heterocycles. The number of nitrogens with two attached hydrogens (primary N) is 2. The molecule has 0 fully saturated rings. The molecule has 1 aromatic heterocycles. The van der Waals surface area contributed by atoms with E-state index in [0.29, 0.717) is 6.07 Å². The fourth-order valence-electron chi connectivity index (χ4n) is 5.63. The number of benzene rings is 5. The summed E-state index contributed by atoms with van der Waals surface area (Å²) in [5.41, 5.74) is 8.84. The average Bonchev–Trinajstić information content (AvgIpc) is 3.27. The van der Waals surface area contributed by atoms with Gasteiger partial charge in [-0.05, 0) is 96.5 Å². The third-order valence-corrected chi connectivity index (χ3v) is 13.7. The van der Waals surface area contributed by atoms with Gasteiger partial charge in [0.05, 0.1) is 49.0 Å². The fraction of sp³-hybridized carbons (Fsp3) is 0.0811. The van der Waals surface area contributed by atoms with Crippen molar-refractivity contribution in [3.05, 3.63) is 108 Å². The van der Waals surface area contributed by atoms with Gasteiger partial charge >= 0.3 is 166 Å². The molecule has 0 radical (unpaired) electrons. The minimum atomic E-state index is -5.43. The Kier molecular flexibility index (Phi) is 30.7. The number of nitrogens with one attached hydrogen (secondary N) is 3. The number of nitrogens with zero attached hydrogens (tertiary/aromatic N) is 7. The van der Waals surface area contributed by atoms with Crippen molar-refractivity contribution >= 4 is 174 Å². The number of rotatable bonds is 18. The predicted molar refractivity (Wildman–Crippen MR) is 283 cm³/mol. The first-order valence-corrected chi connectivity index (χ1v) is 38.5. The van der Waals surface area contributed by atoms with E-state index in [-0.39, 0.29) is 163 Å². The Bertz CT molecular complexity index is 3790. The summed E-state index contributed by atoms with van der Waals surface area (Å²) < 4.78 is 169.